The molecule has 1 aliphatic rings. The number of thioether (sulfide) groups is 1. The highest BCUT2D eigenvalue weighted by Crippen LogP contribution is 2.43. The van der Waals surface area contributed by atoms with Gasteiger partial charge in [0.1, 0.15) is 0 Å². The number of nitrogens with zero attached hydrogens (tertiary/aromatic N) is 1. The molecule has 2 aromatic rings. The van der Waals surface area contributed by atoms with Crippen LogP contribution >= 0.6 is 46.3 Å². The van der Waals surface area contributed by atoms with Crippen molar-refractivity contribution in [3.05, 3.63) is 77.6 Å². The average molecular weight is 477 g/mol. The van der Waals surface area contributed by atoms with E-state index in [-0.39, 0.29) is 17.3 Å². The summed E-state index contributed by atoms with van der Waals surface area (Å²) in [5.41, 5.74) is 3.07. The Morgan fingerprint density at radius 1 is 1.27 bits per heavy atom. The third-order valence-electron chi connectivity index (χ3n) is 4.77. The quantitative estimate of drug-likeness (QED) is 0.497. The molecule has 30 heavy (non-hydrogen) atoms. The second kappa shape index (κ2) is 9.40. The van der Waals surface area contributed by atoms with Gasteiger partial charge in [-0.15, -0.1) is 11.3 Å². The number of dihydropyridines is 1. The molecule has 4 nitrogen and oxygen atoms in total. The van der Waals surface area contributed by atoms with Crippen LogP contribution in [0, 0.1) is 18.3 Å². The molecule has 0 saturated heterocycles. The summed E-state index contributed by atoms with van der Waals surface area (Å²) < 4.78 is 0. The zero-order valence-corrected chi connectivity index (χ0v) is 19.7. The van der Waals surface area contributed by atoms with Crippen molar-refractivity contribution in [2.45, 2.75) is 26.7 Å². The summed E-state index contributed by atoms with van der Waals surface area (Å²) in [6, 6.07) is 8.99. The zero-order chi connectivity index (χ0) is 22.0. The Bertz CT molecular complexity index is 1140. The lowest BCUT2D eigenvalue weighted by Gasteiger charge is -2.29. The molecule has 154 valence electrons. The molecule has 0 radical (unpaired) electrons. The number of nitriles is 1. The molecule has 1 atom stereocenters. The van der Waals surface area contributed by atoms with Gasteiger partial charge in [0.25, 0.3) is 0 Å². The van der Waals surface area contributed by atoms with Crippen LogP contribution in [0.2, 0.25) is 10.0 Å². The number of allylic oxidation sites excluding steroid dienone is 3. The summed E-state index contributed by atoms with van der Waals surface area (Å²) in [6.45, 7) is 5.29. The molecule has 0 aliphatic carbocycles. The fourth-order valence-electron chi connectivity index (χ4n) is 3.36. The number of hydrogen-bond donors (Lipinski definition) is 1. The minimum Gasteiger partial charge on any atom is -0.353 e. The predicted octanol–water partition coefficient (Wildman–Crippen LogP) is 6.26. The van der Waals surface area contributed by atoms with Crippen molar-refractivity contribution in [1.82, 2.24) is 5.32 Å². The molecule has 3 rings (SSSR count). The van der Waals surface area contributed by atoms with E-state index in [1.165, 1.54) is 36.1 Å². The maximum Gasteiger partial charge on any atom is 0.174 e. The number of benzene rings is 1. The Labute approximate surface area is 193 Å². The number of Topliss-reactive ketones (excluding diaryl/α,β-unsaturated/α-hetero) is 2. The zero-order valence-electron chi connectivity index (χ0n) is 16.5. The predicted molar refractivity (Wildman–Crippen MR) is 124 cm³/mol. The highest BCUT2D eigenvalue weighted by molar-refractivity contribution is 8.03. The van der Waals surface area contributed by atoms with E-state index in [2.05, 4.69) is 11.4 Å². The van der Waals surface area contributed by atoms with Gasteiger partial charge < -0.3 is 5.32 Å². The molecule has 0 fully saturated rings. The van der Waals surface area contributed by atoms with Gasteiger partial charge in [0.2, 0.25) is 0 Å². The molecule has 2 heterocycles. The van der Waals surface area contributed by atoms with Crippen molar-refractivity contribution >= 4 is 57.9 Å². The topological polar surface area (TPSA) is 70.0 Å². The van der Waals surface area contributed by atoms with Crippen LogP contribution in [0.25, 0.3) is 0 Å². The van der Waals surface area contributed by atoms with Gasteiger partial charge >= 0.3 is 0 Å². The number of ketones is 2. The Balaban J connectivity index is 1.96. The van der Waals surface area contributed by atoms with Crippen molar-refractivity contribution in [3.63, 3.8) is 0 Å². The van der Waals surface area contributed by atoms with Gasteiger partial charge in [-0.25, -0.2) is 0 Å². The van der Waals surface area contributed by atoms with E-state index >= 15 is 0 Å². The summed E-state index contributed by atoms with van der Waals surface area (Å²) in [5.74, 6) is -0.647. The first-order valence-corrected chi connectivity index (χ1v) is 11.6. The molecule has 1 aromatic carbocycles. The third kappa shape index (κ3) is 4.50. The lowest BCUT2D eigenvalue weighted by atomic mass is 9.84. The van der Waals surface area contributed by atoms with Gasteiger partial charge in [0, 0.05) is 26.7 Å². The first kappa shape index (κ1) is 22.6. The van der Waals surface area contributed by atoms with Crippen LogP contribution in [0.1, 0.15) is 40.6 Å². The Morgan fingerprint density at radius 2 is 2.00 bits per heavy atom. The van der Waals surface area contributed by atoms with Gasteiger partial charge in [-0.05, 0) is 56.0 Å². The Kier molecular flexibility index (Phi) is 7.10. The smallest absolute Gasteiger partial charge is 0.174 e. The minimum absolute atomic E-state index is 0.0758. The van der Waals surface area contributed by atoms with Crippen LogP contribution in [-0.4, -0.2) is 17.3 Å². The number of halogens is 2. The van der Waals surface area contributed by atoms with Gasteiger partial charge in [-0.1, -0.05) is 35.0 Å². The van der Waals surface area contributed by atoms with Crippen molar-refractivity contribution in [1.29, 1.82) is 5.26 Å². The second-order valence-corrected chi connectivity index (χ2v) is 9.59. The van der Waals surface area contributed by atoms with Crippen molar-refractivity contribution < 1.29 is 9.59 Å². The van der Waals surface area contributed by atoms with Gasteiger partial charge in [0.15, 0.2) is 11.6 Å². The van der Waals surface area contributed by atoms with Crippen molar-refractivity contribution in [2.75, 3.05) is 5.75 Å². The first-order chi connectivity index (χ1) is 14.2. The standard InChI is InChI=1S/C22H18Cl2N2O2S2/c1-11-6-7-29-21(11)20-16(9-25)22(26-12(2)19(20)13(3)27)30-10-18(28)15-8-14(23)4-5-17(15)24/h4-8,20,26H,10H2,1-3H3. The van der Waals surface area contributed by atoms with Crippen LogP contribution in [-0.2, 0) is 4.79 Å². The van der Waals surface area contributed by atoms with Crippen LogP contribution in [0.15, 0.2) is 51.5 Å². The van der Waals surface area contributed by atoms with E-state index in [9.17, 15) is 14.9 Å². The fourth-order valence-corrected chi connectivity index (χ4v) is 5.78. The fraction of sp³-hybridized carbons (Fsp3) is 0.227. The van der Waals surface area contributed by atoms with Gasteiger partial charge in [0.05, 0.1) is 33.4 Å². The average Bonchev–Trinajstić information content (AvgIpc) is 3.12. The first-order valence-electron chi connectivity index (χ1n) is 9.02. The van der Waals surface area contributed by atoms with Gasteiger partial charge in [-0.2, -0.15) is 5.26 Å². The lowest BCUT2D eigenvalue weighted by Crippen LogP contribution is -2.27. The number of hydrogen-bond acceptors (Lipinski definition) is 6. The number of nitrogens with one attached hydrogen (secondary N) is 1. The molecule has 1 aliphatic heterocycles. The molecular formula is C22H18Cl2N2O2S2. The van der Waals surface area contributed by atoms with E-state index in [1.807, 2.05) is 25.3 Å². The van der Waals surface area contributed by atoms with Crippen molar-refractivity contribution in [3.8, 4) is 6.07 Å². The van der Waals surface area contributed by atoms with Crippen LogP contribution in [0.4, 0.5) is 0 Å². The molecule has 1 N–H and O–H groups in total. The highest BCUT2D eigenvalue weighted by atomic mass is 35.5. The minimum atomic E-state index is -0.443. The number of carbonyl (C=O) groups is 2. The molecule has 0 bridgehead atoms. The molecule has 8 heteroatoms. The van der Waals surface area contributed by atoms with Crippen molar-refractivity contribution in [2.24, 2.45) is 0 Å². The summed E-state index contributed by atoms with van der Waals surface area (Å²) in [7, 11) is 0. The van der Waals surface area contributed by atoms with Gasteiger partial charge in [-0.3, -0.25) is 9.59 Å². The number of rotatable bonds is 6. The highest BCUT2D eigenvalue weighted by Gasteiger charge is 2.34. The lowest BCUT2D eigenvalue weighted by molar-refractivity contribution is -0.113. The Hall–Kier alpha value is -2.04. The van der Waals surface area contributed by atoms with E-state index in [0.29, 0.717) is 37.5 Å². The molecule has 1 aromatic heterocycles. The second-order valence-electron chi connectivity index (χ2n) is 6.81. The van der Waals surface area contributed by atoms with E-state index in [1.54, 1.807) is 12.1 Å². The summed E-state index contributed by atoms with van der Waals surface area (Å²) in [4.78, 5) is 26.1. The van der Waals surface area contributed by atoms with E-state index in [0.717, 1.165) is 10.4 Å². The normalized spacial score (nSPS) is 16.3. The summed E-state index contributed by atoms with van der Waals surface area (Å²) in [6.07, 6.45) is 0. The molecule has 0 amide bonds. The third-order valence-corrected chi connectivity index (χ3v) is 7.43. The SMILES string of the molecule is CC(=O)C1=C(C)NC(SCC(=O)c2cc(Cl)ccc2Cl)=C(C#N)C1c1sccc1C. The largest absolute Gasteiger partial charge is 0.353 e. The van der Waals surface area contributed by atoms with E-state index < -0.39 is 5.92 Å². The maximum atomic E-state index is 12.7. The molecule has 0 spiro atoms. The number of thiophene rings is 1. The summed E-state index contributed by atoms with van der Waals surface area (Å²) >= 11 is 14.9. The van der Waals surface area contributed by atoms with Crippen LogP contribution < -0.4 is 5.32 Å². The monoisotopic (exact) mass is 476 g/mol. The van der Waals surface area contributed by atoms with Crippen LogP contribution in [0.3, 0.4) is 0 Å². The van der Waals surface area contributed by atoms with Crippen LogP contribution in [0.5, 0.6) is 0 Å². The summed E-state index contributed by atoms with van der Waals surface area (Å²) in [5, 5.41) is 16.4. The number of carbonyl (C=O) groups excluding carboxylic acids is 2. The molecular weight excluding hydrogens is 459 g/mol. The Morgan fingerprint density at radius 3 is 2.60 bits per heavy atom. The maximum absolute atomic E-state index is 12.7. The van der Waals surface area contributed by atoms with E-state index in [4.69, 9.17) is 23.2 Å². The molecule has 1 unspecified atom stereocenters. The number of aryl methyl sites for hydroxylation is 1. The molecule has 0 saturated carbocycles.